The van der Waals surface area contributed by atoms with Gasteiger partial charge in [-0.2, -0.15) is 0 Å². The first kappa shape index (κ1) is 14.2. The number of hydrogen-bond donors (Lipinski definition) is 2. The number of carbonyl (C=O) groups is 1. The number of rotatable bonds is 9. The summed E-state index contributed by atoms with van der Waals surface area (Å²) in [4.78, 5) is 11.0. The molecular weight excluding hydrogens is 188 g/mol. The molecule has 0 radical (unpaired) electrons. The molecule has 0 saturated carbocycles. The quantitative estimate of drug-likeness (QED) is 0.452. The van der Waals surface area contributed by atoms with Gasteiger partial charge in [0.05, 0.1) is 5.41 Å². The van der Waals surface area contributed by atoms with Crippen LogP contribution in [-0.4, -0.2) is 19.0 Å². The van der Waals surface area contributed by atoms with E-state index in [0.29, 0.717) is 6.54 Å². The van der Waals surface area contributed by atoms with Crippen molar-refractivity contribution in [1.29, 1.82) is 0 Å². The highest BCUT2D eigenvalue weighted by molar-refractivity contribution is 5.80. The Labute approximate surface area is 93.1 Å². The third-order valence-electron chi connectivity index (χ3n) is 2.50. The normalized spacial score (nSPS) is 11.3. The van der Waals surface area contributed by atoms with Gasteiger partial charge in [0.25, 0.3) is 0 Å². The third-order valence-corrected chi connectivity index (χ3v) is 2.50. The highest BCUT2D eigenvalue weighted by atomic mass is 16.1. The summed E-state index contributed by atoms with van der Waals surface area (Å²) in [5.74, 6) is -0.248. The van der Waals surface area contributed by atoms with Crippen molar-refractivity contribution in [2.45, 2.75) is 39.5 Å². The Morgan fingerprint density at radius 2 is 2.07 bits per heavy atom. The zero-order valence-corrected chi connectivity index (χ0v) is 10.0. The van der Waals surface area contributed by atoms with E-state index >= 15 is 0 Å². The number of hydrogen-bond acceptors (Lipinski definition) is 2. The van der Waals surface area contributed by atoms with Crippen LogP contribution in [0.3, 0.4) is 0 Å². The monoisotopic (exact) mass is 212 g/mol. The molecule has 0 rings (SSSR count). The number of carbonyl (C=O) groups excluding carboxylic acids is 1. The van der Waals surface area contributed by atoms with Crippen LogP contribution in [-0.2, 0) is 4.79 Å². The van der Waals surface area contributed by atoms with Gasteiger partial charge < -0.3 is 11.1 Å². The van der Waals surface area contributed by atoms with Crippen LogP contribution in [0.25, 0.3) is 0 Å². The maximum absolute atomic E-state index is 11.0. The number of allylic oxidation sites excluding steroid dienone is 1. The van der Waals surface area contributed by atoms with Crippen LogP contribution in [0.5, 0.6) is 0 Å². The second kappa shape index (κ2) is 7.46. The van der Waals surface area contributed by atoms with E-state index in [0.717, 1.165) is 19.4 Å². The molecule has 0 aliphatic carbocycles. The van der Waals surface area contributed by atoms with E-state index in [2.05, 4.69) is 11.9 Å². The first-order valence-corrected chi connectivity index (χ1v) is 5.62. The van der Waals surface area contributed by atoms with E-state index in [4.69, 9.17) is 5.73 Å². The van der Waals surface area contributed by atoms with Crippen molar-refractivity contribution in [2.24, 2.45) is 11.1 Å². The minimum atomic E-state index is -0.443. The lowest BCUT2D eigenvalue weighted by Gasteiger charge is -2.20. The van der Waals surface area contributed by atoms with Gasteiger partial charge in [-0.25, -0.2) is 0 Å². The number of unbranched alkanes of at least 4 members (excludes halogenated alkanes) is 3. The SMILES string of the molecule is C=CCCCCCNCC(C)(C)C(N)=O. The van der Waals surface area contributed by atoms with Crippen molar-refractivity contribution in [3.63, 3.8) is 0 Å². The van der Waals surface area contributed by atoms with Crippen LogP contribution in [0, 0.1) is 5.41 Å². The van der Waals surface area contributed by atoms with Crippen molar-refractivity contribution in [3.05, 3.63) is 12.7 Å². The Morgan fingerprint density at radius 3 is 2.60 bits per heavy atom. The van der Waals surface area contributed by atoms with Gasteiger partial charge in [0.15, 0.2) is 0 Å². The molecule has 0 bridgehead atoms. The van der Waals surface area contributed by atoms with E-state index in [-0.39, 0.29) is 5.91 Å². The predicted octanol–water partition coefficient (Wildman–Crippen LogP) is 1.83. The Kier molecular flexibility index (Phi) is 7.05. The van der Waals surface area contributed by atoms with Gasteiger partial charge in [0.2, 0.25) is 5.91 Å². The standard InChI is InChI=1S/C12H24N2O/c1-4-5-6-7-8-9-14-10-12(2,3)11(13)15/h4,14H,1,5-10H2,2-3H3,(H2,13,15). The van der Waals surface area contributed by atoms with E-state index in [9.17, 15) is 4.79 Å². The highest BCUT2D eigenvalue weighted by Crippen LogP contribution is 2.11. The molecule has 0 aromatic rings. The lowest BCUT2D eigenvalue weighted by Crippen LogP contribution is -2.40. The molecule has 15 heavy (non-hydrogen) atoms. The van der Waals surface area contributed by atoms with Gasteiger partial charge in [-0.15, -0.1) is 6.58 Å². The second-order valence-electron chi connectivity index (χ2n) is 4.56. The average Bonchev–Trinajstić information content (AvgIpc) is 2.16. The summed E-state index contributed by atoms with van der Waals surface area (Å²) in [5, 5.41) is 3.26. The van der Waals surface area contributed by atoms with Gasteiger partial charge in [-0.1, -0.05) is 12.5 Å². The summed E-state index contributed by atoms with van der Waals surface area (Å²) in [7, 11) is 0. The number of primary amides is 1. The molecule has 88 valence electrons. The summed E-state index contributed by atoms with van der Waals surface area (Å²) in [6, 6.07) is 0. The second-order valence-corrected chi connectivity index (χ2v) is 4.56. The van der Waals surface area contributed by atoms with Crippen LogP contribution in [0.4, 0.5) is 0 Å². The molecule has 0 fully saturated rings. The van der Waals surface area contributed by atoms with Crippen LogP contribution in [0.15, 0.2) is 12.7 Å². The molecule has 0 atom stereocenters. The van der Waals surface area contributed by atoms with E-state index < -0.39 is 5.41 Å². The van der Waals surface area contributed by atoms with Crippen LogP contribution < -0.4 is 11.1 Å². The van der Waals surface area contributed by atoms with Crippen molar-refractivity contribution >= 4 is 5.91 Å². The van der Waals surface area contributed by atoms with Gasteiger partial charge in [-0.05, 0) is 39.7 Å². The smallest absolute Gasteiger partial charge is 0.224 e. The molecule has 0 aromatic carbocycles. The van der Waals surface area contributed by atoms with E-state index in [1.54, 1.807) is 0 Å². The fourth-order valence-corrected chi connectivity index (χ4v) is 1.20. The molecule has 3 N–H and O–H groups in total. The van der Waals surface area contributed by atoms with Gasteiger partial charge in [0, 0.05) is 6.54 Å². The van der Waals surface area contributed by atoms with Gasteiger partial charge in [-0.3, -0.25) is 4.79 Å². The molecule has 1 amide bonds. The van der Waals surface area contributed by atoms with Gasteiger partial charge >= 0.3 is 0 Å². The fourth-order valence-electron chi connectivity index (χ4n) is 1.20. The fraction of sp³-hybridized carbons (Fsp3) is 0.750. The van der Waals surface area contributed by atoms with E-state index in [1.807, 2.05) is 19.9 Å². The highest BCUT2D eigenvalue weighted by Gasteiger charge is 2.23. The van der Waals surface area contributed by atoms with Crippen LogP contribution in [0.2, 0.25) is 0 Å². The molecular formula is C12H24N2O. The predicted molar refractivity (Wildman–Crippen MR) is 64.5 cm³/mol. The lowest BCUT2D eigenvalue weighted by molar-refractivity contribution is -0.125. The van der Waals surface area contributed by atoms with Crippen molar-refractivity contribution in [3.8, 4) is 0 Å². The Hall–Kier alpha value is -0.830. The molecule has 3 nitrogen and oxygen atoms in total. The Balaban J connectivity index is 3.38. The van der Waals surface area contributed by atoms with E-state index in [1.165, 1.54) is 12.8 Å². The zero-order chi connectivity index (χ0) is 11.7. The molecule has 3 heteroatoms. The average molecular weight is 212 g/mol. The zero-order valence-electron chi connectivity index (χ0n) is 10.0. The summed E-state index contributed by atoms with van der Waals surface area (Å²) < 4.78 is 0. The number of nitrogens with two attached hydrogens (primary N) is 1. The third kappa shape index (κ3) is 7.14. The minimum Gasteiger partial charge on any atom is -0.369 e. The van der Waals surface area contributed by atoms with Crippen molar-refractivity contribution in [1.82, 2.24) is 5.32 Å². The summed E-state index contributed by atoms with van der Waals surface area (Å²) in [6.07, 6.45) is 6.58. The van der Waals surface area contributed by atoms with Crippen molar-refractivity contribution in [2.75, 3.05) is 13.1 Å². The lowest BCUT2D eigenvalue weighted by atomic mass is 9.93. The molecule has 0 unspecified atom stereocenters. The first-order valence-electron chi connectivity index (χ1n) is 5.62. The minimum absolute atomic E-state index is 0.248. The molecule has 0 aliphatic heterocycles. The number of amides is 1. The van der Waals surface area contributed by atoms with Crippen molar-refractivity contribution < 1.29 is 4.79 Å². The summed E-state index contributed by atoms with van der Waals surface area (Å²) in [6.45, 7) is 9.01. The summed E-state index contributed by atoms with van der Waals surface area (Å²) >= 11 is 0. The number of nitrogens with one attached hydrogen (secondary N) is 1. The van der Waals surface area contributed by atoms with Crippen LogP contribution in [0.1, 0.15) is 39.5 Å². The molecule has 0 aromatic heterocycles. The largest absolute Gasteiger partial charge is 0.369 e. The van der Waals surface area contributed by atoms with Crippen LogP contribution >= 0.6 is 0 Å². The Bertz CT molecular complexity index is 200. The summed E-state index contributed by atoms with van der Waals surface area (Å²) in [5.41, 5.74) is 4.82. The molecule has 0 spiro atoms. The topological polar surface area (TPSA) is 55.1 Å². The Morgan fingerprint density at radius 1 is 1.40 bits per heavy atom. The maximum atomic E-state index is 11.0. The first-order chi connectivity index (χ1) is 7.00. The maximum Gasteiger partial charge on any atom is 0.224 e. The molecule has 0 saturated heterocycles. The van der Waals surface area contributed by atoms with Gasteiger partial charge in [0.1, 0.15) is 0 Å². The molecule has 0 aliphatic rings. The molecule has 0 heterocycles.